The average molecular weight is 404 g/mol. The molecule has 0 bridgehead atoms. The van der Waals surface area contributed by atoms with E-state index in [0.717, 1.165) is 12.1 Å². The van der Waals surface area contributed by atoms with Crippen molar-refractivity contribution in [3.05, 3.63) is 46.2 Å². The van der Waals surface area contributed by atoms with Crippen LogP contribution in [-0.4, -0.2) is 24.9 Å². The molecule has 26 heavy (non-hydrogen) atoms. The van der Waals surface area contributed by atoms with Gasteiger partial charge in [0.15, 0.2) is 5.82 Å². The number of aryl methyl sites for hydroxylation is 1. The second kappa shape index (κ2) is 6.64. The smallest absolute Gasteiger partial charge is 0.272 e. The van der Waals surface area contributed by atoms with E-state index < -0.39 is 32.6 Å². The highest BCUT2D eigenvalue weighted by Crippen LogP contribution is 2.29. The first kappa shape index (κ1) is 18.8. The van der Waals surface area contributed by atoms with Gasteiger partial charge in [0.1, 0.15) is 21.4 Å². The number of hydrogen-bond acceptors (Lipinski definition) is 3. The Hall–Kier alpha value is -1.97. The number of carbonyl (C=O) groups excluding carboxylic acids is 1. The number of anilines is 1. The van der Waals surface area contributed by atoms with Crippen LogP contribution in [0.4, 0.5) is 14.5 Å². The van der Waals surface area contributed by atoms with Crippen LogP contribution in [-0.2, 0) is 23.5 Å². The van der Waals surface area contributed by atoms with Crippen molar-refractivity contribution in [1.82, 2.24) is 9.29 Å². The SMILES string of the molecule is C[C@H]1CCc2c(cn(C)c2C(=O)Nc2ccc(F)c(Cl)c2F)S(=O)(=O)N1. The molecule has 0 spiro atoms. The maximum Gasteiger partial charge on any atom is 0.272 e. The van der Waals surface area contributed by atoms with Crippen LogP contribution in [0.1, 0.15) is 29.4 Å². The number of carbonyl (C=O) groups is 1. The Labute approximate surface area is 154 Å². The van der Waals surface area contributed by atoms with Crippen LogP contribution < -0.4 is 10.0 Å². The first-order valence-electron chi connectivity index (χ1n) is 7.77. The predicted octanol–water partition coefficient (Wildman–Crippen LogP) is 2.82. The lowest BCUT2D eigenvalue weighted by molar-refractivity contribution is 0.101. The molecular formula is C16H16ClF2N3O3S. The maximum atomic E-state index is 14.0. The first-order valence-corrected chi connectivity index (χ1v) is 9.63. The van der Waals surface area contributed by atoms with Gasteiger partial charge in [0, 0.05) is 24.8 Å². The van der Waals surface area contributed by atoms with Crippen molar-refractivity contribution in [3.63, 3.8) is 0 Å². The largest absolute Gasteiger partial charge is 0.345 e. The number of hydrogen-bond donors (Lipinski definition) is 2. The Morgan fingerprint density at radius 1 is 1.38 bits per heavy atom. The fourth-order valence-corrected chi connectivity index (χ4v) is 4.73. The molecule has 0 radical (unpaired) electrons. The van der Waals surface area contributed by atoms with Gasteiger partial charge in [0.2, 0.25) is 10.0 Å². The zero-order valence-corrected chi connectivity index (χ0v) is 15.5. The van der Waals surface area contributed by atoms with E-state index in [4.69, 9.17) is 11.6 Å². The maximum absolute atomic E-state index is 14.0. The quantitative estimate of drug-likeness (QED) is 0.757. The number of fused-ring (bicyclic) bond motifs is 1. The average Bonchev–Trinajstić information content (AvgIpc) is 2.85. The number of nitrogens with zero attached hydrogens (tertiary/aromatic N) is 1. The van der Waals surface area contributed by atoms with Gasteiger partial charge in [-0.05, 0) is 31.9 Å². The summed E-state index contributed by atoms with van der Waals surface area (Å²) in [6.07, 6.45) is 2.21. The first-order chi connectivity index (χ1) is 12.1. The molecule has 2 heterocycles. The number of rotatable bonds is 2. The summed E-state index contributed by atoms with van der Waals surface area (Å²) in [5.74, 6) is -2.75. The van der Waals surface area contributed by atoms with Crippen LogP contribution in [0.15, 0.2) is 23.2 Å². The van der Waals surface area contributed by atoms with Gasteiger partial charge in [-0.1, -0.05) is 11.6 Å². The van der Waals surface area contributed by atoms with Gasteiger partial charge in [-0.2, -0.15) is 0 Å². The van der Waals surface area contributed by atoms with E-state index in [-0.39, 0.29) is 22.3 Å². The Bertz CT molecular complexity index is 1000. The molecule has 0 unspecified atom stereocenters. The zero-order chi connectivity index (χ0) is 19.2. The summed E-state index contributed by atoms with van der Waals surface area (Å²) in [4.78, 5) is 12.7. The van der Waals surface area contributed by atoms with Gasteiger partial charge in [-0.15, -0.1) is 0 Å². The van der Waals surface area contributed by atoms with E-state index in [1.165, 1.54) is 17.8 Å². The molecule has 0 aliphatic carbocycles. The summed E-state index contributed by atoms with van der Waals surface area (Å²) in [5, 5.41) is 1.60. The highest BCUT2D eigenvalue weighted by Gasteiger charge is 2.31. The minimum atomic E-state index is -3.75. The second-order valence-corrected chi connectivity index (χ2v) is 8.23. The summed E-state index contributed by atoms with van der Waals surface area (Å²) in [5.41, 5.74) is 0.161. The number of sulfonamides is 1. The summed E-state index contributed by atoms with van der Waals surface area (Å²) in [6, 6.07) is 1.71. The summed E-state index contributed by atoms with van der Waals surface area (Å²) in [7, 11) is -2.23. The van der Waals surface area contributed by atoms with Crippen LogP contribution in [0.5, 0.6) is 0 Å². The third kappa shape index (κ3) is 3.22. The van der Waals surface area contributed by atoms with Crippen molar-refractivity contribution in [1.29, 1.82) is 0 Å². The molecule has 0 fully saturated rings. The normalized spacial score (nSPS) is 18.9. The van der Waals surface area contributed by atoms with Gasteiger partial charge < -0.3 is 9.88 Å². The molecule has 1 aromatic carbocycles. The van der Waals surface area contributed by atoms with Gasteiger partial charge in [-0.25, -0.2) is 21.9 Å². The fraction of sp³-hybridized carbons (Fsp3) is 0.312. The van der Waals surface area contributed by atoms with Crippen LogP contribution in [0.25, 0.3) is 0 Å². The molecule has 10 heteroatoms. The Morgan fingerprint density at radius 2 is 2.08 bits per heavy atom. The summed E-state index contributed by atoms with van der Waals surface area (Å²) in [6.45, 7) is 1.74. The van der Waals surface area contributed by atoms with Crippen molar-refractivity contribution >= 4 is 33.2 Å². The third-order valence-corrected chi connectivity index (χ3v) is 6.21. The fourth-order valence-electron chi connectivity index (χ4n) is 2.97. The number of amides is 1. The molecule has 2 N–H and O–H groups in total. The Morgan fingerprint density at radius 3 is 2.77 bits per heavy atom. The zero-order valence-electron chi connectivity index (χ0n) is 13.9. The predicted molar refractivity (Wildman–Crippen MR) is 92.8 cm³/mol. The van der Waals surface area contributed by atoms with E-state index in [1.807, 2.05) is 0 Å². The number of benzene rings is 1. The van der Waals surface area contributed by atoms with Crippen molar-refractivity contribution < 1.29 is 22.0 Å². The third-order valence-electron chi connectivity index (χ3n) is 4.22. The number of halogens is 3. The summed E-state index contributed by atoms with van der Waals surface area (Å²) < 4.78 is 56.0. The lowest BCUT2D eigenvalue weighted by atomic mass is 10.1. The Kier molecular flexibility index (Phi) is 4.80. The molecule has 1 atom stereocenters. The molecule has 6 nitrogen and oxygen atoms in total. The van der Waals surface area contributed by atoms with Crippen LogP contribution in [0.3, 0.4) is 0 Å². The van der Waals surface area contributed by atoms with Crippen LogP contribution in [0.2, 0.25) is 5.02 Å². The molecule has 0 saturated carbocycles. The van der Waals surface area contributed by atoms with Crippen molar-refractivity contribution in [2.45, 2.75) is 30.7 Å². The van der Waals surface area contributed by atoms with E-state index in [9.17, 15) is 22.0 Å². The Balaban J connectivity index is 2.02. The molecule has 1 aliphatic heterocycles. The van der Waals surface area contributed by atoms with Gasteiger partial charge >= 0.3 is 0 Å². The standard InChI is InChI=1S/C16H16ClF2N3O3S/c1-8-3-4-9-12(26(24,25)21-8)7-22(2)15(9)16(23)20-11-6-5-10(18)13(17)14(11)19/h5-8,21H,3-4H2,1-2H3,(H,20,23)/t8-/m0/s1. The van der Waals surface area contributed by atoms with E-state index in [0.29, 0.717) is 18.4 Å². The van der Waals surface area contributed by atoms with Gasteiger partial charge in [0.05, 0.1) is 5.69 Å². The highest BCUT2D eigenvalue weighted by atomic mass is 35.5. The summed E-state index contributed by atoms with van der Waals surface area (Å²) >= 11 is 5.52. The van der Waals surface area contributed by atoms with E-state index in [2.05, 4.69) is 10.0 Å². The molecule has 1 amide bonds. The number of nitrogens with one attached hydrogen (secondary N) is 2. The molecule has 140 valence electrons. The van der Waals surface area contributed by atoms with Gasteiger partial charge in [-0.3, -0.25) is 4.79 Å². The molecule has 3 rings (SSSR count). The van der Waals surface area contributed by atoms with Gasteiger partial charge in [0.25, 0.3) is 5.91 Å². The van der Waals surface area contributed by atoms with Crippen LogP contribution >= 0.6 is 11.6 Å². The van der Waals surface area contributed by atoms with E-state index in [1.54, 1.807) is 6.92 Å². The molecule has 2 aromatic rings. The molecule has 0 saturated heterocycles. The monoisotopic (exact) mass is 403 g/mol. The lowest BCUT2D eigenvalue weighted by Gasteiger charge is -2.11. The topological polar surface area (TPSA) is 80.2 Å². The molecule has 1 aromatic heterocycles. The minimum absolute atomic E-state index is 0.0205. The van der Waals surface area contributed by atoms with Crippen molar-refractivity contribution in [2.24, 2.45) is 7.05 Å². The second-order valence-electron chi connectivity index (χ2n) is 6.17. The lowest BCUT2D eigenvalue weighted by Crippen LogP contribution is -2.30. The number of aromatic nitrogens is 1. The van der Waals surface area contributed by atoms with Crippen LogP contribution in [0, 0.1) is 11.6 Å². The molecule has 1 aliphatic rings. The van der Waals surface area contributed by atoms with Crippen molar-refractivity contribution in [2.75, 3.05) is 5.32 Å². The minimum Gasteiger partial charge on any atom is -0.345 e. The van der Waals surface area contributed by atoms with E-state index >= 15 is 0 Å². The highest BCUT2D eigenvalue weighted by molar-refractivity contribution is 7.89. The van der Waals surface area contributed by atoms with Crippen molar-refractivity contribution in [3.8, 4) is 0 Å². The molecular weight excluding hydrogens is 388 g/mol.